The van der Waals surface area contributed by atoms with Gasteiger partial charge in [-0.1, -0.05) is 18.9 Å². The monoisotopic (exact) mass is 480 g/mol. The number of carbonyl (C=O) groups excluding carboxylic acids is 1. The molecule has 0 saturated carbocycles. The lowest BCUT2D eigenvalue weighted by molar-refractivity contribution is 0.0761. The number of anilines is 1. The molecule has 0 unspecified atom stereocenters. The van der Waals surface area contributed by atoms with E-state index < -0.39 is 10.0 Å². The van der Waals surface area contributed by atoms with Gasteiger partial charge in [0.05, 0.1) is 21.7 Å². The van der Waals surface area contributed by atoms with Gasteiger partial charge in [-0.2, -0.15) is 0 Å². The van der Waals surface area contributed by atoms with Gasteiger partial charge in [0.2, 0.25) is 0 Å². The number of sulfonamides is 1. The number of halogens is 1. The van der Waals surface area contributed by atoms with Crippen molar-refractivity contribution in [1.82, 2.24) is 4.90 Å². The lowest BCUT2D eigenvalue weighted by atomic mass is 10.2. The summed E-state index contributed by atoms with van der Waals surface area (Å²) < 4.78 is 34.4. The van der Waals surface area contributed by atoms with E-state index in [2.05, 4.69) is 20.7 Å². The normalized spacial score (nSPS) is 14.9. The van der Waals surface area contributed by atoms with Crippen LogP contribution in [0.2, 0.25) is 0 Å². The first kappa shape index (κ1) is 21.6. The Kier molecular flexibility index (Phi) is 7.18. The summed E-state index contributed by atoms with van der Waals surface area (Å²) in [4.78, 5) is 14.7. The molecule has 1 aliphatic rings. The van der Waals surface area contributed by atoms with Crippen molar-refractivity contribution in [3.05, 3.63) is 52.5 Å². The van der Waals surface area contributed by atoms with Crippen LogP contribution in [-0.4, -0.2) is 38.9 Å². The van der Waals surface area contributed by atoms with Crippen molar-refractivity contribution in [3.8, 4) is 5.75 Å². The fourth-order valence-corrected chi connectivity index (χ4v) is 4.89. The van der Waals surface area contributed by atoms with Gasteiger partial charge in [-0.15, -0.1) is 0 Å². The summed E-state index contributed by atoms with van der Waals surface area (Å²) in [6.45, 7) is 3.83. The predicted molar refractivity (Wildman–Crippen MR) is 117 cm³/mol. The van der Waals surface area contributed by atoms with E-state index in [1.54, 1.807) is 30.3 Å². The maximum Gasteiger partial charge on any atom is 0.261 e. The van der Waals surface area contributed by atoms with Crippen molar-refractivity contribution >= 4 is 37.5 Å². The Labute approximate surface area is 180 Å². The van der Waals surface area contributed by atoms with Crippen molar-refractivity contribution < 1.29 is 17.9 Å². The van der Waals surface area contributed by atoms with Crippen molar-refractivity contribution in [2.45, 2.75) is 37.5 Å². The SMILES string of the molecule is CCOc1ccc(NS(=O)(=O)c2cccc(C(=O)N3CCCCCC3)c2)cc1Br. The molecule has 3 rings (SSSR count). The van der Waals surface area contributed by atoms with Gasteiger partial charge in [0, 0.05) is 18.7 Å². The van der Waals surface area contributed by atoms with Crippen LogP contribution in [0.5, 0.6) is 5.75 Å². The van der Waals surface area contributed by atoms with Gasteiger partial charge in [0.1, 0.15) is 5.75 Å². The molecule has 2 aromatic rings. The average molecular weight is 481 g/mol. The van der Waals surface area contributed by atoms with Gasteiger partial charge in [-0.05, 0) is 72.1 Å². The van der Waals surface area contributed by atoms with Crippen LogP contribution in [0.25, 0.3) is 0 Å². The number of carbonyl (C=O) groups is 1. The zero-order chi connectivity index (χ0) is 20.9. The third-order valence-electron chi connectivity index (χ3n) is 4.77. The minimum absolute atomic E-state index is 0.0585. The molecule has 29 heavy (non-hydrogen) atoms. The Morgan fingerprint density at radius 1 is 1.10 bits per heavy atom. The zero-order valence-corrected chi connectivity index (χ0v) is 18.8. The number of nitrogens with zero attached hydrogens (tertiary/aromatic N) is 1. The molecular formula is C21H25BrN2O4S. The van der Waals surface area contributed by atoms with E-state index in [4.69, 9.17) is 4.74 Å². The summed E-state index contributed by atoms with van der Waals surface area (Å²) in [5, 5.41) is 0. The van der Waals surface area contributed by atoms with Crippen LogP contribution in [0.1, 0.15) is 43.0 Å². The van der Waals surface area contributed by atoms with E-state index in [-0.39, 0.29) is 10.8 Å². The number of benzene rings is 2. The first-order valence-electron chi connectivity index (χ1n) is 9.75. The third kappa shape index (κ3) is 5.51. The Balaban J connectivity index is 1.79. The standard InChI is InChI=1S/C21H25BrN2O4S/c1-2-28-20-11-10-17(15-19(20)22)23-29(26,27)18-9-7-8-16(14-18)21(25)24-12-5-3-4-6-13-24/h7-11,14-15,23H,2-6,12-13H2,1H3. The van der Waals surface area contributed by atoms with Crippen LogP contribution < -0.4 is 9.46 Å². The molecule has 0 radical (unpaired) electrons. The van der Waals surface area contributed by atoms with Crippen molar-refractivity contribution in [2.75, 3.05) is 24.4 Å². The second kappa shape index (κ2) is 9.63. The molecule has 0 spiro atoms. The molecule has 1 aliphatic heterocycles. The summed E-state index contributed by atoms with van der Waals surface area (Å²) in [5.41, 5.74) is 0.798. The van der Waals surface area contributed by atoms with Crippen LogP contribution in [-0.2, 0) is 10.0 Å². The molecule has 0 bridgehead atoms. The van der Waals surface area contributed by atoms with Gasteiger partial charge < -0.3 is 9.64 Å². The smallest absolute Gasteiger partial charge is 0.261 e. The lowest BCUT2D eigenvalue weighted by Crippen LogP contribution is -2.32. The Bertz CT molecular complexity index is 970. The fraction of sp³-hybridized carbons (Fsp3) is 0.381. The molecule has 0 aromatic heterocycles. The number of nitrogens with one attached hydrogen (secondary N) is 1. The molecule has 1 N–H and O–H groups in total. The lowest BCUT2D eigenvalue weighted by Gasteiger charge is -2.20. The molecule has 1 amide bonds. The van der Waals surface area contributed by atoms with Gasteiger partial charge in [0.25, 0.3) is 15.9 Å². The molecule has 1 heterocycles. The van der Waals surface area contributed by atoms with E-state index in [1.165, 1.54) is 12.1 Å². The number of hydrogen-bond donors (Lipinski definition) is 1. The Morgan fingerprint density at radius 3 is 2.48 bits per heavy atom. The van der Waals surface area contributed by atoms with Crippen LogP contribution in [0.3, 0.4) is 0 Å². The minimum Gasteiger partial charge on any atom is -0.493 e. The van der Waals surface area contributed by atoms with Crippen molar-refractivity contribution in [3.63, 3.8) is 0 Å². The van der Waals surface area contributed by atoms with E-state index in [0.717, 1.165) is 25.7 Å². The van der Waals surface area contributed by atoms with Gasteiger partial charge >= 0.3 is 0 Å². The van der Waals surface area contributed by atoms with E-state index in [1.807, 2.05) is 11.8 Å². The molecular weight excluding hydrogens is 456 g/mol. The maximum absolute atomic E-state index is 12.8. The van der Waals surface area contributed by atoms with Gasteiger partial charge in [-0.3, -0.25) is 9.52 Å². The van der Waals surface area contributed by atoms with E-state index in [0.29, 0.717) is 41.2 Å². The molecule has 1 saturated heterocycles. The second-order valence-corrected chi connectivity index (χ2v) is 9.45. The zero-order valence-electron chi connectivity index (χ0n) is 16.4. The first-order valence-corrected chi connectivity index (χ1v) is 12.0. The first-order chi connectivity index (χ1) is 13.9. The summed E-state index contributed by atoms with van der Waals surface area (Å²) in [6.07, 6.45) is 4.22. The second-order valence-electron chi connectivity index (χ2n) is 6.92. The number of ether oxygens (including phenoxy) is 1. The minimum atomic E-state index is -3.83. The number of likely N-dealkylation sites (tertiary alicyclic amines) is 1. The van der Waals surface area contributed by atoms with Crippen LogP contribution >= 0.6 is 15.9 Å². The van der Waals surface area contributed by atoms with Crippen molar-refractivity contribution in [2.24, 2.45) is 0 Å². The molecule has 0 atom stereocenters. The predicted octanol–water partition coefficient (Wildman–Crippen LogP) is 4.66. The average Bonchev–Trinajstić information content (AvgIpc) is 2.99. The number of hydrogen-bond acceptors (Lipinski definition) is 4. The Morgan fingerprint density at radius 2 is 1.83 bits per heavy atom. The molecule has 156 valence electrons. The van der Waals surface area contributed by atoms with Crippen molar-refractivity contribution in [1.29, 1.82) is 0 Å². The molecule has 2 aromatic carbocycles. The largest absolute Gasteiger partial charge is 0.493 e. The van der Waals surface area contributed by atoms with Crippen LogP contribution in [0.15, 0.2) is 51.8 Å². The maximum atomic E-state index is 12.8. The molecule has 6 nitrogen and oxygen atoms in total. The molecule has 8 heteroatoms. The molecule has 0 aliphatic carbocycles. The summed E-state index contributed by atoms with van der Waals surface area (Å²) in [6, 6.07) is 11.2. The third-order valence-corrected chi connectivity index (χ3v) is 6.77. The van der Waals surface area contributed by atoms with Gasteiger partial charge in [0.15, 0.2) is 0 Å². The number of amides is 1. The Hall–Kier alpha value is -2.06. The topological polar surface area (TPSA) is 75.7 Å². The molecule has 1 fully saturated rings. The fourth-order valence-electron chi connectivity index (χ4n) is 3.30. The van der Waals surface area contributed by atoms with Gasteiger partial charge in [-0.25, -0.2) is 8.42 Å². The van der Waals surface area contributed by atoms with Crippen LogP contribution in [0.4, 0.5) is 5.69 Å². The van der Waals surface area contributed by atoms with E-state index in [9.17, 15) is 13.2 Å². The summed E-state index contributed by atoms with van der Waals surface area (Å²) in [5.74, 6) is 0.522. The summed E-state index contributed by atoms with van der Waals surface area (Å²) in [7, 11) is -3.83. The highest BCUT2D eigenvalue weighted by Gasteiger charge is 2.21. The van der Waals surface area contributed by atoms with E-state index >= 15 is 0 Å². The number of rotatable bonds is 6. The highest BCUT2D eigenvalue weighted by molar-refractivity contribution is 9.10. The quantitative estimate of drug-likeness (QED) is 0.651. The summed E-state index contributed by atoms with van der Waals surface area (Å²) >= 11 is 3.38. The highest BCUT2D eigenvalue weighted by Crippen LogP contribution is 2.29. The highest BCUT2D eigenvalue weighted by atomic mass is 79.9. The van der Waals surface area contributed by atoms with Crippen LogP contribution in [0, 0.1) is 0 Å².